The number of hydrogen-bond acceptors (Lipinski definition) is 9. The maximum absolute atomic E-state index is 12.6. The minimum atomic E-state index is -3.79. The highest BCUT2D eigenvalue weighted by molar-refractivity contribution is 7.81. The summed E-state index contributed by atoms with van der Waals surface area (Å²) in [6.45, 7) is 1.93. The van der Waals surface area contributed by atoms with Gasteiger partial charge in [0.15, 0.2) is 28.9 Å². The Morgan fingerprint density at radius 2 is 1.00 bits per heavy atom. The molecule has 0 saturated carbocycles. The van der Waals surface area contributed by atoms with Crippen molar-refractivity contribution in [2.75, 3.05) is 0 Å². The van der Waals surface area contributed by atoms with Crippen LogP contribution in [0.2, 0.25) is 0 Å². The van der Waals surface area contributed by atoms with Crippen LogP contribution >= 0.6 is 23.2 Å². The molecule has 5 atom stereocenters. The van der Waals surface area contributed by atoms with Crippen LogP contribution in [-0.4, -0.2) is 22.3 Å². The van der Waals surface area contributed by atoms with E-state index in [0.717, 1.165) is 0 Å². The highest BCUT2D eigenvalue weighted by Gasteiger charge is 2.77. The van der Waals surface area contributed by atoms with Gasteiger partial charge in [-0.15, -0.1) is 0 Å². The van der Waals surface area contributed by atoms with Crippen LogP contribution in [0.15, 0.2) is 156 Å². The molecule has 0 spiro atoms. The van der Waals surface area contributed by atoms with Crippen LogP contribution in [0.25, 0.3) is 0 Å². The number of fused-ring (bicyclic) bond motifs is 1. The third kappa shape index (κ3) is 6.63. The fraction of sp³-hybridized carbons (Fsp3) is 0.118. The van der Waals surface area contributed by atoms with Crippen LogP contribution in [0.5, 0.6) is 28.7 Å². The Balaban J connectivity index is 1.40. The molecular weight excluding hydrogens is 639 g/mol. The zero-order chi connectivity index (χ0) is 31.5. The quantitative estimate of drug-likeness (QED) is 0.126. The first-order chi connectivity index (χ1) is 22.5. The number of para-hydroxylation sites is 5. The van der Waals surface area contributed by atoms with Gasteiger partial charge in [0.05, 0.1) is 4.86 Å². The number of nitrogens with zero attached hydrogens (tertiary/aromatic N) is 1. The number of hydrogen-bond donors (Lipinski definition) is 3. The summed E-state index contributed by atoms with van der Waals surface area (Å²) in [7, 11) is -10.1. The van der Waals surface area contributed by atoms with E-state index in [1.54, 1.807) is 12.1 Å². The number of ether oxygens (including phenoxy) is 1. The monoisotopic (exact) mass is 673 g/mol. The summed E-state index contributed by atoms with van der Waals surface area (Å²) in [5.74, 6) is 1.21. The second-order valence-electron chi connectivity index (χ2n) is 10.7. The normalized spacial score (nSPS) is 26.2. The van der Waals surface area contributed by atoms with Crippen molar-refractivity contribution in [3.05, 3.63) is 152 Å². The van der Waals surface area contributed by atoms with Gasteiger partial charge >= 0.3 is 15.9 Å². The summed E-state index contributed by atoms with van der Waals surface area (Å²) in [5.41, 5.74) is 0. The summed E-state index contributed by atoms with van der Waals surface area (Å²) in [6.07, 6.45) is 0. The van der Waals surface area contributed by atoms with Crippen molar-refractivity contribution in [1.29, 1.82) is 0 Å². The first kappa shape index (κ1) is 30.7. The lowest BCUT2D eigenvalue weighted by molar-refractivity contribution is 0.303. The van der Waals surface area contributed by atoms with Crippen molar-refractivity contribution in [1.82, 2.24) is 9.95 Å². The van der Waals surface area contributed by atoms with E-state index < -0.39 is 40.6 Å². The summed E-state index contributed by atoms with van der Waals surface area (Å²) in [5, 5.41) is 3.40. The van der Waals surface area contributed by atoms with Crippen LogP contribution in [0.3, 0.4) is 0 Å². The van der Waals surface area contributed by atoms with Gasteiger partial charge in [0.2, 0.25) is 13.1 Å². The Bertz CT molecular complexity index is 1750. The fourth-order valence-corrected chi connectivity index (χ4v) is 15.3. The molecule has 0 bridgehead atoms. The first-order valence-electron chi connectivity index (χ1n) is 14.8. The average molecular weight is 674 g/mol. The standard InChI is InChI=1S/C34H34N3O6P3/c1-27-35-44(40-29-19-9-3-10-20-29)33(34(44)39-28-17-7-2-8-18-28)36-46(38,43-32-25-15-6-16-26-32)37-45(27,41-30-21-11-4-12-22-30)42-31-23-13-5-14-24-31/h2-27,33-34,36-38H,1H3/q+2. The number of benzene rings is 5. The van der Waals surface area contributed by atoms with Crippen LogP contribution in [0.1, 0.15) is 6.92 Å². The van der Waals surface area contributed by atoms with E-state index in [1.807, 2.05) is 146 Å². The lowest BCUT2D eigenvalue weighted by Gasteiger charge is -2.30. The van der Waals surface area contributed by atoms with Crippen LogP contribution in [0, 0.1) is 0 Å². The lowest BCUT2D eigenvalue weighted by Crippen LogP contribution is -2.40. The molecule has 46 heavy (non-hydrogen) atoms. The summed E-state index contributed by atoms with van der Waals surface area (Å²) in [6, 6.07) is 47.0. The molecule has 3 N–H and O–H groups in total. The van der Waals surface area contributed by atoms with Gasteiger partial charge < -0.3 is 9.26 Å². The average Bonchev–Trinajstić information content (AvgIpc) is 3.62. The van der Waals surface area contributed by atoms with Gasteiger partial charge in [0.1, 0.15) is 11.5 Å². The summed E-state index contributed by atoms with van der Waals surface area (Å²) >= 11 is 0. The molecule has 2 heterocycles. The third-order valence-electron chi connectivity index (χ3n) is 7.31. The van der Waals surface area contributed by atoms with Gasteiger partial charge in [-0.3, -0.25) is 13.6 Å². The molecule has 0 amide bonds. The van der Waals surface area contributed by atoms with E-state index in [0.29, 0.717) is 28.7 Å². The number of rotatable bonds is 10. The number of nitrogens with one attached hydrogen (secondary N) is 2. The van der Waals surface area contributed by atoms with Gasteiger partial charge in [-0.05, 0) is 60.7 Å². The zero-order valence-electron chi connectivity index (χ0n) is 24.9. The van der Waals surface area contributed by atoms with Crippen molar-refractivity contribution >= 4 is 23.2 Å². The maximum Gasteiger partial charge on any atom is 0.512 e. The van der Waals surface area contributed by atoms with E-state index in [9.17, 15) is 4.89 Å². The highest BCUT2D eigenvalue weighted by atomic mass is 31.3. The SMILES string of the molecule is CC1N=P2(Oc3ccccc3)C(N[P+](O)(Oc3ccccc3)N[P+]1(Oc1ccccc1)Oc1ccccc1)C2Oc1ccccc1. The van der Waals surface area contributed by atoms with E-state index in [4.69, 9.17) is 27.6 Å². The Hall–Kier alpha value is -3.93. The molecular formula is C34H34N3O6P3+2. The summed E-state index contributed by atoms with van der Waals surface area (Å²) < 4.78 is 38.9. The van der Waals surface area contributed by atoms with Gasteiger partial charge in [-0.25, -0.2) is 4.74 Å². The van der Waals surface area contributed by atoms with E-state index >= 15 is 0 Å². The molecule has 12 heteroatoms. The molecule has 5 aromatic rings. The molecule has 0 aromatic heterocycles. The van der Waals surface area contributed by atoms with Crippen molar-refractivity contribution < 1.29 is 27.7 Å². The molecule has 0 radical (unpaired) electrons. The first-order valence-corrected chi connectivity index (χ1v) is 20.0. The molecule has 234 valence electrons. The second kappa shape index (κ2) is 13.1. The van der Waals surface area contributed by atoms with Crippen molar-refractivity contribution in [2.24, 2.45) is 4.74 Å². The minimum absolute atomic E-state index is 0.468. The lowest BCUT2D eigenvalue weighted by atomic mass is 10.3. The van der Waals surface area contributed by atoms with Crippen LogP contribution in [-0.2, 0) is 0 Å². The van der Waals surface area contributed by atoms with Crippen molar-refractivity contribution in [3.63, 3.8) is 0 Å². The van der Waals surface area contributed by atoms with E-state index in [2.05, 4.69) is 9.95 Å². The van der Waals surface area contributed by atoms with Gasteiger partial charge in [0.25, 0.3) is 0 Å². The van der Waals surface area contributed by atoms with Crippen LogP contribution < -0.4 is 32.8 Å². The smallest absolute Gasteiger partial charge is 0.479 e. The highest BCUT2D eigenvalue weighted by Crippen LogP contribution is 2.82. The molecule has 1 fully saturated rings. The van der Waals surface area contributed by atoms with E-state index in [-0.39, 0.29) is 0 Å². The Kier molecular flexibility index (Phi) is 8.72. The largest absolute Gasteiger partial charge is 0.512 e. The fourth-order valence-electron chi connectivity index (χ4n) is 5.10. The molecule has 0 aliphatic carbocycles. The third-order valence-corrected chi connectivity index (χ3v) is 16.3. The van der Waals surface area contributed by atoms with Gasteiger partial charge in [-0.1, -0.05) is 96.1 Å². The van der Waals surface area contributed by atoms with Crippen LogP contribution in [0.4, 0.5) is 0 Å². The molecule has 5 aromatic carbocycles. The molecule has 2 aliphatic heterocycles. The molecule has 2 aliphatic rings. The zero-order valence-corrected chi connectivity index (χ0v) is 27.6. The Morgan fingerprint density at radius 1 is 0.587 bits per heavy atom. The van der Waals surface area contributed by atoms with Gasteiger partial charge in [0, 0.05) is 6.92 Å². The van der Waals surface area contributed by atoms with Gasteiger partial charge in [-0.2, -0.15) is 4.89 Å². The predicted molar refractivity (Wildman–Crippen MR) is 184 cm³/mol. The maximum atomic E-state index is 12.6. The van der Waals surface area contributed by atoms with Crippen molar-refractivity contribution in [2.45, 2.75) is 24.3 Å². The Morgan fingerprint density at radius 3 is 1.48 bits per heavy atom. The molecule has 5 unspecified atom stereocenters. The molecule has 1 saturated heterocycles. The summed E-state index contributed by atoms with van der Waals surface area (Å²) in [4.78, 5) is 16.0. The van der Waals surface area contributed by atoms with Crippen molar-refractivity contribution in [3.8, 4) is 28.7 Å². The Labute approximate surface area is 269 Å². The topological polar surface area (TPSA) is 103 Å². The molecule has 9 nitrogen and oxygen atoms in total. The predicted octanol–water partition coefficient (Wildman–Crippen LogP) is 9.13. The van der Waals surface area contributed by atoms with E-state index in [1.165, 1.54) is 0 Å². The minimum Gasteiger partial charge on any atom is -0.479 e. The molecule has 7 rings (SSSR count). The second-order valence-corrected chi connectivity index (χ2v) is 18.2.